The van der Waals surface area contributed by atoms with E-state index in [1.54, 1.807) is 4.08 Å². The van der Waals surface area contributed by atoms with Gasteiger partial charge < -0.3 is 4.74 Å². The van der Waals surface area contributed by atoms with E-state index in [2.05, 4.69) is 0 Å². The van der Waals surface area contributed by atoms with Gasteiger partial charge in [0, 0.05) is 6.08 Å². The average Bonchev–Trinajstić information content (AvgIpc) is 2.17. The van der Waals surface area contributed by atoms with Gasteiger partial charge in [0.2, 0.25) is 0 Å². The first kappa shape index (κ1) is 10.2. The minimum atomic E-state index is -0.307. The van der Waals surface area contributed by atoms with E-state index in [-0.39, 0.29) is 5.97 Å². The molecule has 68 valence electrons. The molecule has 2 nitrogen and oxygen atoms in total. The van der Waals surface area contributed by atoms with Crippen LogP contribution in [0.2, 0.25) is 0 Å². The molecule has 13 heavy (non-hydrogen) atoms. The van der Waals surface area contributed by atoms with Gasteiger partial charge in [-0.15, -0.1) is 0 Å². The molecular formula is C10H9IO2. The van der Waals surface area contributed by atoms with Gasteiger partial charge >= 0.3 is 5.97 Å². The highest BCUT2D eigenvalue weighted by Crippen LogP contribution is 2.01. The summed E-state index contributed by atoms with van der Waals surface area (Å²) in [7, 11) is 0. The van der Waals surface area contributed by atoms with Crippen LogP contribution in [0.3, 0.4) is 0 Å². The number of rotatable bonds is 3. The maximum atomic E-state index is 10.9. The topological polar surface area (TPSA) is 26.3 Å². The predicted octanol–water partition coefficient (Wildman–Crippen LogP) is 2.68. The highest BCUT2D eigenvalue weighted by atomic mass is 127. The van der Waals surface area contributed by atoms with Gasteiger partial charge in [-0.25, -0.2) is 4.79 Å². The molecule has 0 atom stereocenters. The number of carbonyl (C=O) groups excluding carboxylic acids is 1. The zero-order chi connectivity index (χ0) is 9.52. The Morgan fingerprint density at radius 3 is 2.69 bits per heavy atom. The van der Waals surface area contributed by atoms with Gasteiger partial charge in [0.1, 0.15) is 6.61 Å². The highest BCUT2D eigenvalue weighted by molar-refractivity contribution is 14.1. The van der Waals surface area contributed by atoms with Crippen LogP contribution in [-0.2, 0) is 16.1 Å². The van der Waals surface area contributed by atoms with E-state index in [0.717, 1.165) is 5.56 Å². The van der Waals surface area contributed by atoms with E-state index >= 15 is 0 Å². The molecule has 0 saturated carbocycles. The van der Waals surface area contributed by atoms with Crippen molar-refractivity contribution in [1.82, 2.24) is 0 Å². The number of hydrogen-bond acceptors (Lipinski definition) is 2. The summed E-state index contributed by atoms with van der Waals surface area (Å²) in [4.78, 5) is 10.9. The Kier molecular flexibility index (Phi) is 4.53. The van der Waals surface area contributed by atoms with E-state index < -0.39 is 0 Å². The predicted molar refractivity (Wildman–Crippen MR) is 59.4 cm³/mol. The highest BCUT2D eigenvalue weighted by Gasteiger charge is 1.96. The third-order valence-electron chi connectivity index (χ3n) is 1.42. The van der Waals surface area contributed by atoms with Gasteiger partial charge in [0.15, 0.2) is 0 Å². The molecule has 0 aliphatic carbocycles. The molecule has 1 aromatic rings. The second-order valence-corrected chi connectivity index (χ2v) is 3.11. The Hall–Kier alpha value is -0.840. The fourth-order valence-electron chi connectivity index (χ4n) is 0.828. The first-order valence-corrected chi connectivity index (χ1v) is 5.05. The van der Waals surface area contributed by atoms with Gasteiger partial charge in [0.05, 0.1) is 0 Å². The molecule has 0 amide bonds. The van der Waals surface area contributed by atoms with Gasteiger partial charge in [-0.2, -0.15) is 0 Å². The minimum absolute atomic E-state index is 0.307. The maximum Gasteiger partial charge on any atom is 0.331 e. The van der Waals surface area contributed by atoms with Crippen molar-refractivity contribution < 1.29 is 9.53 Å². The quantitative estimate of drug-likeness (QED) is 0.485. The number of ether oxygens (including phenoxy) is 1. The largest absolute Gasteiger partial charge is 0.458 e. The molecule has 0 spiro atoms. The summed E-state index contributed by atoms with van der Waals surface area (Å²) < 4.78 is 6.57. The van der Waals surface area contributed by atoms with Crippen LogP contribution in [0.4, 0.5) is 0 Å². The number of halogens is 1. The monoisotopic (exact) mass is 288 g/mol. The van der Waals surface area contributed by atoms with Crippen LogP contribution < -0.4 is 0 Å². The minimum Gasteiger partial charge on any atom is -0.458 e. The Morgan fingerprint density at radius 1 is 1.38 bits per heavy atom. The molecule has 0 bridgehead atoms. The van der Waals surface area contributed by atoms with Crippen molar-refractivity contribution >= 4 is 28.6 Å². The molecule has 0 aromatic heterocycles. The molecule has 0 N–H and O–H groups in total. The summed E-state index contributed by atoms with van der Waals surface area (Å²) >= 11 is 1.98. The van der Waals surface area contributed by atoms with E-state index in [4.69, 9.17) is 4.74 Å². The molecule has 0 fully saturated rings. The van der Waals surface area contributed by atoms with Crippen LogP contribution in [-0.4, -0.2) is 5.97 Å². The molecular weight excluding hydrogens is 279 g/mol. The number of esters is 1. The van der Waals surface area contributed by atoms with Crippen LogP contribution in [0, 0.1) is 0 Å². The molecule has 0 aliphatic rings. The summed E-state index contributed by atoms with van der Waals surface area (Å²) in [6.45, 7) is 0.334. The lowest BCUT2D eigenvalue weighted by atomic mass is 10.2. The van der Waals surface area contributed by atoms with Gasteiger partial charge in [0.25, 0.3) is 0 Å². The van der Waals surface area contributed by atoms with Crippen molar-refractivity contribution in [2.24, 2.45) is 0 Å². The second-order valence-electron chi connectivity index (χ2n) is 2.39. The first-order valence-electron chi connectivity index (χ1n) is 3.80. The smallest absolute Gasteiger partial charge is 0.331 e. The molecule has 1 rings (SSSR count). The number of benzene rings is 1. The second kappa shape index (κ2) is 5.75. The third kappa shape index (κ3) is 4.07. The number of hydrogen-bond donors (Lipinski definition) is 0. The molecule has 0 aliphatic heterocycles. The van der Waals surface area contributed by atoms with E-state index in [9.17, 15) is 4.79 Å². The lowest BCUT2D eigenvalue weighted by molar-refractivity contribution is -0.138. The SMILES string of the molecule is O=C(C=CI)OCc1ccccc1. The number of carbonyl (C=O) groups is 1. The van der Waals surface area contributed by atoms with Crippen molar-refractivity contribution in [2.75, 3.05) is 0 Å². The molecule has 3 heteroatoms. The van der Waals surface area contributed by atoms with Crippen molar-refractivity contribution in [1.29, 1.82) is 0 Å². The third-order valence-corrected chi connectivity index (χ3v) is 1.78. The van der Waals surface area contributed by atoms with Crippen molar-refractivity contribution in [3.63, 3.8) is 0 Å². The molecule has 0 radical (unpaired) electrons. The standard InChI is InChI=1S/C10H9IO2/c11-7-6-10(12)13-8-9-4-2-1-3-5-9/h1-7H,8H2. The Balaban J connectivity index is 2.40. The normalized spacial score (nSPS) is 10.2. The molecule has 1 aromatic carbocycles. The Bertz CT molecular complexity index is 293. The van der Waals surface area contributed by atoms with Crippen LogP contribution >= 0.6 is 22.6 Å². The summed E-state index contributed by atoms with van der Waals surface area (Å²) in [5.41, 5.74) is 0.998. The van der Waals surface area contributed by atoms with E-state index in [1.165, 1.54) is 6.08 Å². The zero-order valence-corrected chi connectivity index (χ0v) is 9.10. The fourth-order valence-corrected chi connectivity index (χ4v) is 1.12. The van der Waals surface area contributed by atoms with Crippen molar-refractivity contribution in [3.8, 4) is 0 Å². The maximum absolute atomic E-state index is 10.9. The van der Waals surface area contributed by atoms with E-state index in [1.807, 2.05) is 52.9 Å². The summed E-state index contributed by atoms with van der Waals surface area (Å²) in [6.07, 6.45) is 1.39. The lowest BCUT2D eigenvalue weighted by Gasteiger charge is -2.00. The summed E-state index contributed by atoms with van der Waals surface area (Å²) in [5.74, 6) is -0.307. The van der Waals surface area contributed by atoms with Gasteiger partial charge in [-0.05, 0) is 9.65 Å². The fraction of sp³-hybridized carbons (Fsp3) is 0.100. The Labute approximate surface area is 90.7 Å². The first-order chi connectivity index (χ1) is 6.33. The van der Waals surface area contributed by atoms with Crippen LogP contribution in [0.1, 0.15) is 5.56 Å². The van der Waals surface area contributed by atoms with Crippen LogP contribution in [0.5, 0.6) is 0 Å². The van der Waals surface area contributed by atoms with Gasteiger partial charge in [-0.3, -0.25) is 0 Å². The van der Waals surface area contributed by atoms with Gasteiger partial charge in [-0.1, -0.05) is 52.9 Å². The molecule has 0 unspecified atom stereocenters. The molecule has 0 heterocycles. The van der Waals surface area contributed by atoms with Crippen molar-refractivity contribution in [3.05, 3.63) is 46.1 Å². The summed E-state index contributed by atoms with van der Waals surface area (Å²) in [6, 6.07) is 9.59. The van der Waals surface area contributed by atoms with Crippen molar-refractivity contribution in [2.45, 2.75) is 6.61 Å². The van der Waals surface area contributed by atoms with E-state index in [0.29, 0.717) is 6.61 Å². The zero-order valence-electron chi connectivity index (χ0n) is 6.94. The Morgan fingerprint density at radius 2 is 2.08 bits per heavy atom. The molecule has 0 saturated heterocycles. The lowest BCUT2D eigenvalue weighted by Crippen LogP contribution is -1.99. The summed E-state index contributed by atoms with van der Waals surface area (Å²) in [5, 5.41) is 0. The average molecular weight is 288 g/mol. The van der Waals surface area contributed by atoms with Crippen LogP contribution in [0.15, 0.2) is 40.5 Å². The van der Waals surface area contributed by atoms with Crippen LogP contribution in [0.25, 0.3) is 0 Å².